The Morgan fingerprint density at radius 3 is 2.76 bits per heavy atom. The number of amides is 1. The number of anilines is 1. The summed E-state index contributed by atoms with van der Waals surface area (Å²) < 4.78 is 26.2. The molecule has 5 nitrogen and oxygen atoms in total. The lowest BCUT2D eigenvalue weighted by atomic mass is 10.1. The van der Waals surface area contributed by atoms with Crippen molar-refractivity contribution in [2.24, 2.45) is 0 Å². The van der Waals surface area contributed by atoms with Crippen LogP contribution in [0.2, 0.25) is 5.02 Å². The molecule has 1 aliphatic rings. The molecular weight excluding hydrogens is 304 g/mol. The summed E-state index contributed by atoms with van der Waals surface area (Å²) in [5.74, 6) is -1.56. The fourth-order valence-corrected chi connectivity index (χ4v) is 2.50. The number of imidazole rings is 1. The lowest BCUT2D eigenvalue weighted by Gasteiger charge is -2.17. The molecule has 2 aromatic rings. The summed E-state index contributed by atoms with van der Waals surface area (Å²) >= 11 is 5.92. The van der Waals surface area contributed by atoms with E-state index in [1.807, 2.05) is 0 Å². The summed E-state index contributed by atoms with van der Waals surface area (Å²) in [6, 6.07) is 4.62. The van der Waals surface area contributed by atoms with Crippen molar-refractivity contribution in [3.8, 4) is 0 Å². The van der Waals surface area contributed by atoms with Crippen LogP contribution in [0, 0.1) is 0 Å². The molecule has 0 fully saturated rings. The topological polar surface area (TPSA) is 55.2 Å². The Labute approximate surface area is 122 Å². The van der Waals surface area contributed by atoms with Crippen LogP contribution in [0.3, 0.4) is 0 Å². The highest BCUT2D eigenvalue weighted by atomic mass is 35.5. The van der Waals surface area contributed by atoms with E-state index in [0.717, 1.165) is 11.1 Å². The van der Waals surface area contributed by atoms with Gasteiger partial charge in [0, 0.05) is 12.4 Å². The number of rotatable bonds is 3. The second-order valence-electron chi connectivity index (χ2n) is 4.38. The third-order valence-electron chi connectivity index (χ3n) is 3.21. The van der Waals surface area contributed by atoms with Crippen LogP contribution in [0.15, 0.2) is 30.6 Å². The van der Waals surface area contributed by atoms with Crippen LogP contribution in [-0.2, 0) is 11.3 Å². The zero-order valence-electron chi connectivity index (χ0n) is 10.5. The van der Waals surface area contributed by atoms with Gasteiger partial charge in [0.15, 0.2) is 0 Å². The number of ketones is 1. The quantitative estimate of drug-likeness (QED) is 0.819. The van der Waals surface area contributed by atoms with Crippen LogP contribution in [0.25, 0.3) is 0 Å². The Kier molecular flexibility index (Phi) is 3.21. The van der Waals surface area contributed by atoms with Gasteiger partial charge in [0.25, 0.3) is 11.7 Å². The maximum Gasteiger partial charge on any atom is 0.319 e. The number of carbonyl (C=O) groups is 2. The van der Waals surface area contributed by atoms with E-state index in [2.05, 4.69) is 4.98 Å². The Morgan fingerprint density at radius 2 is 2.05 bits per heavy atom. The molecule has 0 unspecified atom stereocenters. The first-order chi connectivity index (χ1) is 10.0. The molecule has 0 spiro atoms. The molecule has 0 saturated carbocycles. The maximum atomic E-state index is 12.8. The van der Waals surface area contributed by atoms with Gasteiger partial charge in [-0.1, -0.05) is 17.7 Å². The standard InChI is InChI=1S/C13H8ClF2N3O2/c14-7-2-1-3-8-10(7)11(20)12(21)19(8)6-9-17-4-5-18(9)13(15)16/h1-5,13H,6H2. The summed E-state index contributed by atoms with van der Waals surface area (Å²) in [4.78, 5) is 28.8. The number of halogens is 3. The van der Waals surface area contributed by atoms with Crippen molar-refractivity contribution in [2.75, 3.05) is 4.90 Å². The molecule has 3 rings (SSSR count). The zero-order valence-corrected chi connectivity index (χ0v) is 11.2. The fourth-order valence-electron chi connectivity index (χ4n) is 2.24. The number of nitrogens with zero attached hydrogens (tertiary/aromatic N) is 3. The summed E-state index contributed by atoms with van der Waals surface area (Å²) in [5.41, 5.74) is 0.403. The highest BCUT2D eigenvalue weighted by molar-refractivity contribution is 6.55. The van der Waals surface area contributed by atoms with Crippen LogP contribution in [0.1, 0.15) is 22.7 Å². The van der Waals surface area contributed by atoms with Gasteiger partial charge in [0.2, 0.25) is 0 Å². The van der Waals surface area contributed by atoms with Crippen LogP contribution >= 0.6 is 11.6 Å². The monoisotopic (exact) mass is 311 g/mol. The van der Waals surface area contributed by atoms with E-state index in [4.69, 9.17) is 11.6 Å². The van der Waals surface area contributed by atoms with Crippen LogP contribution in [0.5, 0.6) is 0 Å². The van der Waals surface area contributed by atoms with Crippen molar-refractivity contribution in [2.45, 2.75) is 13.1 Å². The molecule has 1 aliphatic heterocycles. The van der Waals surface area contributed by atoms with Gasteiger partial charge in [-0.3, -0.25) is 19.1 Å². The predicted molar refractivity (Wildman–Crippen MR) is 70.5 cm³/mol. The van der Waals surface area contributed by atoms with E-state index in [1.165, 1.54) is 12.3 Å². The summed E-state index contributed by atoms with van der Waals surface area (Å²) in [5, 5.41) is 0.158. The molecule has 21 heavy (non-hydrogen) atoms. The number of benzene rings is 1. The zero-order chi connectivity index (χ0) is 15.1. The number of hydrogen-bond donors (Lipinski definition) is 0. The van der Waals surface area contributed by atoms with E-state index >= 15 is 0 Å². The van der Waals surface area contributed by atoms with Crippen molar-refractivity contribution in [3.05, 3.63) is 47.0 Å². The summed E-state index contributed by atoms with van der Waals surface area (Å²) in [6.45, 7) is -3.00. The molecule has 0 bridgehead atoms. The molecule has 0 aliphatic carbocycles. The minimum atomic E-state index is -2.77. The number of hydrogen-bond acceptors (Lipinski definition) is 3. The van der Waals surface area contributed by atoms with Gasteiger partial charge < -0.3 is 0 Å². The van der Waals surface area contributed by atoms with E-state index in [0.29, 0.717) is 10.3 Å². The van der Waals surface area contributed by atoms with Crippen molar-refractivity contribution in [1.82, 2.24) is 9.55 Å². The SMILES string of the molecule is O=C1C(=O)N(Cc2nccn2C(F)F)c2cccc(Cl)c21. The summed E-state index contributed by atoms with van der Waals surface area (Å²) in [6.07, 6.45) is 2.32. The van der Waals surface area contributed by atoms with Crippen molar-refractivity contribution in [3.63, 3.8) is 0 Å². The molecule has 0 saturated heterocycles. The van der Waals surface area contributed by atoms with Crippen molar-refractivity contribution in [1.29, 1.82) is 0 Å². The third-order valence-corrected chi connectivity index (χ3v) is 3.52. The third kappa shape index (κ3) is 2.09. The highest BCUT2D eigenvalue weighted by Gasteiger charge is 2.38. The van der Waals surface area contributed by atoms with Gasteiger partial charge in [0.05, 0.1) is 22.8 Å². The Hall–Kier alpha value is -2.28. The van der Waals surface area contributed by atoms with Gasteiger partial charge in [-0.25, -0.2) is 4.98 Å². The predicted octanol–water partition coefficient (Wildman–Crippen LogP) is 2.66. The molecule has 1 aromatic carbocycles. The first-order valence-corrected chi connectivity index (χ1v) is 6.33. The second-order valence-corrected chi connectivity index (χ2v) is 4.79. The maximum absolute atomic E-state index is 12.8. The lowest BCUT2D eigenvalue weighted by molar-refractivity contribution is -0.114. The number of aromatic nitrogens is 2. The molecule has 0 atom stereocenters. The van der Waals surface area contributed by atoms with Crippen LogP contribution < -0.4 is 4.90 Å². The van der Waals surface area contributed by atoms with E-state index in [-0.39, 0.29) is 23.0 Å². The van der Waals surface area contributed by atoms with E-state index < -0.39 is 18.2 Å². The lowest BCUT2D eigenvalue weighted by Crippen LogP contribution is -2.30. The largest absolute Gasteiger partial charge is 0.319 e. The Balaban J connectivity index is 2.01. The van der Waals surface area contributed by atoms with Gasteiger partial charge >= 0.3 is 6.55 Å². The minimum Gasteiger partial charge on any atom is -0.297 e. The van der Waals surface area contributed by atoms with Crippen LogP contribution in [-0.4, -0.2) is 21.2 Å². The number of fused-ring (bicyclic) bond motifs is 1. The van der Waals surface area contributed by atoms with Gasteiger partial charge in [-0.2, -0.15) is 8.78 Å². The van der Waals surface area contributed by atoms with E-state index in [1.54, 1.807) is 12.1 Å². The first kappa shape index (κ1) is 13.7. The molecule has 0 N–H and O–H groups in total. The highest BCUT2D eigenvalue weighted by Crippen LogP contribution is 2.35. The molecule has 1 aromatic heterocycles. The van der Waals surface area contributed by atoms with Crippen molar-refractivity contribution >= 4 is 29.0 Å². The molecule has 0 radical (unpaired) electrons. The minimum absolute atomic E-state index is 0.0148. The van der Waals surface area contributed by atoms with Crippen LogP contribution in [0.4, 0.5) is 14.5 Å². The smallest absolute Gasteiger partial charge is 0.297 e. The molecular formula is C13H8ClF2N3O2. The molecule has 1 amide bonds. The Bertz CT molecular complexity index is 745. The normalized spacial score (nSPS) is 14.2. The number of Topliss-reactive ketones (excluding diaryl/α,β-unsaturated/α-hetero) is 1. The van der Waals surface area contributed by atoms with Gasteiger partial charge in [-0.05, 0) is 12.1 Å². The molecule has 8 heteroatoms. The fraction of sp³-hybridized carbons (Fsp3) is 0.154. The number of alkyl halides is 2. The Morgan fingerprint density at radius 1 is 1.29 bits per heavy atom. The van der Waals surface area contributed by atoms with Crippen molar-refractivity contribution < 1.29 is 18.4 Å². The molecule has 2 heterocycles. The second kappa shape index (κ2) is 4.92. The first-order valence-electron chi connectivity index (χ1n) is 5.95. The summed E-state index contributed by atoms with van der Waals surface area (Å²) in [7, 11) is 0. The average molecular weight is 312 g/mol. The van der Waals surface area contributed by atoms with Gasteiger partial charge in [0.1, 0.15) is 5.82 Å². The van der Waals surface area contributed by atoms with E-state index in [9.17, 15) is 18.4 Å². The number of carbonyl (C=O) groups excluding carboxylic acids is 2. The molecule has 108 valence electrons. The van der Waals surface area contributed by atoms with Gasteiger partial charge in [-0.15, -0.1) is 0 Å². The average Bonchev–Trinajstić information content (AvgIpc) is 2.99.